The smallest absolute Gasteiger partial charge is 0.304 e. The van der Waals surface area contributed by atoms with Gasteiger partial charge in [0.2, 0.25) is 8.32 Å². The summed E-state index contributed by atoms with van der Waals surface area (Å²) < 4.78 is 18.4. The van der Waals surface area contributed by atoms with Gasteiger partial charge in [0.1, 0.15) is 23.9 Å². The van der Waals surface area contributed by atoms with Crippen LogP contribution in [0.1, 0.15) is 55.4 Å². The van der Waals surface area contributed by atoms with Crippen molar-refractivity contribution in [2.75, 3.05) is 6.61 Å². The maximum atomic E-state index is 11.1. The van der Waals surface area contributed by atoms with E-state index in [0.717, 1.165) is 22.4 Å². The second-order valence-corrected chi connectivity index (χ2v) is 16.3. The number of rotatable bonds is 8. The second kappa shape index (κ2) is 10.2. The Bertz CT molecular complexity index is 1280. The summed E-state index contributed by atoms with van der Waals surface area (Å²) in [6.07, 6.45) is 0.0716. The molecule has 0 fully saturated rings. The zero-order chi connectivity index (χ0) is 27.0. The normalized spacial score (nSPS) is 15.2. The van der Waals surface area contributed by atoms with Crippen LogP contribution in [0.2, 0.25) is 18.1 Å². The van der Waals surface area contributed by atoms with E-state index in [2.05, 4.69) is 84.1 Å². The Morgan fingerprint density at radius 1 is 1.03 bits per heavy atom. The van der Waals surface area contributed by atoms with Crippen molar-refractivity contribution in [3.63, 3.8) is 0 Å². The minimum Gasteiger partial charge on any atom is -0.543 e. The van der Waals surface area contributed by atoms with Gasteiger partial charge in [0, 0.05) is 17.5 Å². The highest BCUT2D eigenvalue weighted by Gasteiger charge is 2.39. The van der Waals surface area contributed by atoms with Crippen LogP contribution in [-0.2, 0) is 11.4 Å². The van der Waals surface area contributed by atoms with Crippen LogP contribution < -0.4 is 13.9 Å². The van der Waals surface area contributed by atoms with E-state index in [1.807, 2.05) is 18.2 Å². The Morgan fingerprint density at radius 2 is 1.73 bits per heavy atom. The molecule has 4 rings (SSSR count). The van der Waals surface area contributed by atoms with Crippen LogP contribution in [0, 0.1) is 13.8 Å². The molecule has 0 spiro atoms. The van der Waals surface area contributed by atoms with Gasteiger partial charge in [-0.3, -0.25) is 4.79 Å². The van der Waals surface area contributed by atoms with Gasteiger partial charge in [0.15, 0.2) is 0 Å². The van der Waals surface area contributed by atoms with E-state index in [9.17, 15) is 4.79 Å². The molecule has 196 valence electrons. The molecule has 1 unspecified atom stereocenters. The van der Waals surface area contributed by atoms with Gasteiger partial charge in [-0.1, -0.05) is 45.0 Å². The quantitative estimate of drug-likeness (QED) is 0.307. The molecule has 5 nitrogen and oxygen atoms in total. The number of hydrogen-bond donors (Lipinski definition) is 1. The number of aryl methyl sites for hydroxylation is 2. The lowest BCUT2D eigenvalue weighted by atomic mass is 9.94. The van der Waals surface area contributed by atoms with E-state index in [1.54, 1.807) is 0 Å². The van der Waals surface area contributed by atoms with Crippen LogP contribution in [-0.4, -0.2) is 26.0 Å². The first-order chi connectivity index (χ1) is 17.3. The number of carboxylic acids is 1. The highest BCUT2D eigenvalue weighted by molar-refractivity contribution is 6.74. The van der Waals surface area contributed by atoms with E-state index in [1.165, 1.54) is 16.7 Å². The molecular weight excluding hydrogens is 480 g/mol. The Balaban J connectivity index is 1.49. The molecule has 0 saturated heterocycles. The molecular formula is C31H38O5Si. The Hall–Kier alpha value is -3.25. The van der Waals surface area contributed by atoms with Crippen molar-refractivity contribution in [2.24, 2.45) is 0 Å². The number of hydrogen-bond acceptors (Lipinski definition) is 4. The molecule has 0 radical (unpaired) electrons. The van der Waals surface area contributed by atoms with Gasteiger partial charge in [-0.2, -0.15) is 0 Å². The molecule has 1 N–H and O–H groups in total. The molecule has 0 saturated carbocycles. The summed E-state index contributed by atoms with van der Waals surface area (Å²) in [5.41, 5.74) is 6.77. The number of ether oxygens (including phenoxy) is 2. The SMILES string of the molecule is Cc1cc(O[Si](C)(C)C(C)(C)C)cc(C)c1-c1cccc(COc2ccc3c(c2)OCC3CC(=O)O)c1. The highest BCUT2D eigenvalue weighted by atomic mass is 28.4. The summed E-state index contributed by atoms with van der Waals surface area (Å²) >= 11 is 0. The van der Waals surface area contributed by atoms with Gasteiger partial charge in [-0.05, 0) is 84.1 Å². The third kappa shape index (κ3) is 6.01. The Kier molecular flexibility index (Phi) is 7.42. The number of aliphatic carboxylic acids is 1. The molecule has 0 amide bonds. The molecule has 1 atom stereocenters. The molecule has 3 aromatic carbocycles. The number of fused-ring (bicyclic) bond motifs is 1. The van der Waals surface area contributed by atoms with Crippen molar-refractivity contribution in [1.29, 1.82) is 0 Å². The summed E-state index contributed by atoms with van der Waals surface area (Å²) in [5, 5.41) is 9.25. The van der Waals surface area contributed by atoms with Crippen molar-refractivity contribution in [3.8, 4) is 28.4 Å². The zero-order valence-electron chi connectivity index (χ0n) is 23.0. The van der Waals surface area contributed by atoms with Crippen LogP contribution in [0.15, 0.2) is 54.6 Å². The van der Waals surface area contributed by atoms with Gasteiger partial charge in [0.05, 0.1) is 13.0 Å². The number of benzene rings is 3. The largest absolute Gasteiger partial charge is 0.543 e. The van der Waals surface area contributed by atoms with Gasteiger partial charge in [-0.25, -0.2) is 0 Å². The lowest BCUT2D eigenvalue weighted by Gasteiger charge is -2.36. The third-order valence-corrected chi connectivity index (χ3v) is 12.0. The predicted octanol–water partition coefficient (Wildman–Crippen LogP) is 7.88. The summed E-state index contributed by atoms with van der Waals surface area (Å²) in [4.78, 5) is 11.1. The lowest BCUT2D eigenvalue weighted by molar-refractivity contribution is -0.137. The highest BCUT2D eigenvalue weighted by Crippen LogP contribution is 2.40. The summed E-state index contributed by atoms with van der Waals surface area (Å²) in [6.45, 7) is 16.4. The molecule has 0 aromatic heterocycles. The molecule has 6 heteroatoms. The van der Waals surface area contributed by atoms with Crippen LogP contribution in [0.3, 0.4) is 0 Å². The van der Waals surface area contributed by atoms with E-state index < -0.39 is 14.3 Å². The third-order valence-electron chi connectivity index (χ3n) is 7.59. The van der Waals surface area contributed by atoms with Crippen molar-refractivity contribution in [1.82, 2.24) is 0 Å². The first kappa shape index (κ1) is 26.8. The van der Waals surface area contributed by atoms with E-state index >= 15 is 0 Å². The van der Waals surface area contributed by atoms with Crippen molar-refractivity contribution < 1.29 is 23.8 Å². The fourth-order valence-corrected chi connectivity index (χ4v) is 5.61. The first-order valence-corrected chi connectivity index (χ1v) is 15.8. The molecule has 37 heavy (non-hydrogen) atoms. The zero-order valence-corrected chi connectivity index (χ0v) is 24.0. The minimum absolute atomic E-state index is 0.0716. The fraction of sp³-hybridized carbons (Fsp3) is 0.387. The minimum atomic E-state index is -1.91. The van der Waals surface area contributed by atoms with Crippen molar-refractivity contribution >= 4 is 14.3 Å². The fourth-order valence-electron chi connectivity index (χ4n) is 4.60. The lowest BCUT2D eigenvalue weighted by Crippen LogP contribution is -2.43. The number of carboxylic acid groups (broad SMARTS) is 1. The maximum absolute atomic E-state index is 11.1. The van der Waals surface area contributed by atoms with Gasteiger partial charge >= 0.3 is 5.97 Å². The van der Waals surface area contributed by atoms with Gasteiger partial charge in [-0.15, -0.1) is 0 Å². The molecule has 3 aromatic rings. The van der Waals surface area contributed by atoms with Crippen LogP contribution >= 0.6 is 0 Å². The van der Waals surface area contributed by atoms with Crippen LogP contribution in [0.4, 0.5) is 0 Å². The summed E-state index contributed by atoms with van der Waals surface area (Å²) in [6, 6.07) is 18.4. The van der Waals surface area contributed by atoms with E-state index in [0.29, 0.717) is 24.7 Å². The predicted molar refractivity (Wildman–Crippen MR) is 150 cm³/mol. The van der Waals surface area contributed by atoms with Crippen LogP contribution in [0.5, 0.6) is 17.2 Å². The van der Waals surface area contributed by atoms with Crippen molar-refractivity contribution in [3.05, 3.63) is 76.9 Å². The molecule has 0 bridgehead atoms. The van der Waals surface area contributed by atoms with Crippen LogP contribution in [0.25, 0.3) is 11.1 Å². The maximum Gasteiger partial charge on any atom is 0.304 e. The Labute approximate surface area is 221 Å². The number of carbonyl (C=O) groups is 1. The topological polar surface area (TPSA) is 65.0 Å². The van der Waals surface area contributed by atoms with E-state index in [-0.39, 0.29) is 17.4 Å². The molecule has 0 aliphatic carbocycles. The van der Waals surface area contributed by atoms with E-state index in [4.69, 9.17) is 19.0 Å². The van der Waals surface area contributed by atoms with Crippen molar-refractivity contribution in [2.45, 2.75) is 71.7 Å². The second-order valence-electron chi connectivity index (χ2n) is 11.6. The first-order valence-electron chi connectivity index (χ1n) is 12.8. The molecule has 1 aliphatic rings. The summed E-state index contributed by atoms with van der Waals surface area (Å²) in [7, 11) is -1.91. The van der Waals surface area contributed by atoms with Gasteiger partial charge in [0.25, 0.3) is 0 Å². The Morgan fingerprint density at radius 3 is 2.38 bits per heavy atom. The monoisotopic (exact) mass is 518 g/mol. The molecule has 1 aliphatic heterocycles. The average molecular weight is 519 g/mol. The average Bonchev–Trinajstić information content (AvgIpc) is 3.18. The van der Waals surface area contributed by atoms with Gasteiger partial charge < -0.3 is 19.0 Å². The standard InChI is InChI=1S/C31H38O5Si/c1-20-13-26(36-37(6,7)31(3,4)5)14-21(2)30(20)23-10-8-9-22(15-23)18-34-25-11-12-27-24(16-29(32)33)19-35-28(27)17-25/h8-15,17,24H,16,18-19H2,1-7H3,(H,32,33). The summed E-state index contributed by atoms with van der Waals surface area (Å²) in [5.74, 6) is 1.45. The molecule has 1 heterocycles.